The standard InChI is InChI=1S/C17H18N2O3/c1-4-19-13(16(20)18-10(2)3)9-12-15(19)11-7-5-6-8-14(11)22-17(12)21/h5-10H,4H2,1-3H3,(H,18,20). The minimum Gasteiger partial charge on any atom is -0.422 e. The molecule has 0 aliphatic heterocycles. The molecule has 0 saturated heterocycles. The Kier molecular flexibility index (Phi) is 3.48. The minimum atomic E-state index is -0.417. The first-order chi connectivity index (χ1) is 10.5. The molecule has 3 rings (SSSR count). The van der Waals surface area contributed by atoms with Crippen molar-refractivity contribution in [2.75, 3.05) is 0 Å². The van der Waals surface area contributed by atoms with Crippen molar-refractivity contribution in [1.29, 1.82) is 0 Å². The Morgan fingerprint density at radius 1 is 1.27 bits per heavy atom. The van der Waals surface area contributed by atoms with Gasteiger partial charge in [-0.15, -0.1) is 0 Å². The van der Waals surface area contributed by atoms with Gasteiger partial charge in [-0.3, -0.25) is 4.79 Å². The first-order valence-electron chi connectivity index (χ1n) is 7.39. The number of carbonyl (C=O) groups is 1. The fraction of sp³-hybridized carbons (Fsp3) is 0.294. The number of fused-ring (bicyclic) bond motifs is 3. The van der Waals surface area contributed by atoms with Crippen LogP contribution in [-0.2, 0) is 6.54 Å². The van der Waals surface area contributed by atoms with Crippen LogP contribution in [0, 0.1) is 0 Å². The molecule has 5 nitrogen and oxygen atoms in total. The fourth-order valence-electron chi connectivity index (χ4n) is 2.75. The summed E-state index contributed by atoms with van der Waals surface area (Å²) >= 11 is 0. The summed E-state index contributed by atoms with van der Waals surface area (Å²) < 4.78 is 7.22. The van der Waals surface area contributed by atoms with Gasteiger partial charge in [-0.25, -0.2) is 4.79 Å². The zero-order valence-electron chi connectivity index (χ0n) is 12.8. The molecule has 0 atom stereocenters. The van der Waals surface area contributed by atoms with Crippen LogP contribution < -0.4 is 10.9 Å². The highest BCUT2D eigenvalue weighted by molar-refractivity contribution is 6.07. The average Bonchev–Trinajstić information content (AvgIpc) is 2.87. The quantitative estimate of drug-likeness (QED) is 0.756. The van der Waals surface area contributed by atoms with Crippen LogP contribution in [0.3, 0.4) is 0 Å². The number of nitrogens with zero attached hydrogens (tertiary/aromatic N) is 1. The van der Waals surface area contributed by atoms with E-state index in [1.165, 1.54) is 0 Å². The first-order valence-corrected chi connectivity index (χ1v) is 7.39. The van der Waals surface area contributed by atoms with Crippen LogP contribution in [0.1, 0.15) is 31.3 Å². The number of para-hydroxylation sites is 1. The summed E-state index contributed by atoms with van der Waals surface area (Å²) in [6.45, 7) is 6.36. The Labute approximate surface area is 127 Å². The lowest BCUT2D eigenvalue weighted by Crippen LogP contribution is -2.31. The molecule has 114 valence electrons. The van der Waals surface area contributed by atoms with Gasteiger partial charge in [0.15, 0.2) is 0 Å². The molecule has 0 aliphatic carbocycles. The number of nitrogens with one attached hydrogen (secondary N) is 1. The maximum Gasteiger partial charge on any atom is 0.345 e. The number of benzene rings is 1. The van der Waals surface area contributed by atoms with E-state index >= 15 is 0 Å². The monoisotopic (exact) mass is 298 g/mol. The van der Waals surface area contributed by atoms with Gasteiger partial charge in [0.05, 0.1) is 10.9 Å². The Balaban J connectivity index is 2.37. The van der Waals surface area contributed by atoms with E-state index in [9.17, 15) is 9.59 Å². The zero-order chi connectivity index (χ0) is 15.9. The van der Waals surface area contributed by atoms with Crippen molar-refractivity contribution in [3.05, 3.63) is 46.4 Å². The number of carbonyl (C=O) groups excluding carboxylic acids is 1. The molecule has 22 heavy (non-hydrogen) atoms. The molecule has 5 heteroatoms. The highest BCUT2D eigenvalue weighted by atomic mass is 16.4. The highest BCUT2D eigenvalue weighted by Gasteiger charge is 2.19. The molecular formula is C17H18N2O3. The number of rotatable bonds is 3. The van der Waals surface area contributed by atoms with E-state index in [1.807, 2.05) is 43.5 Å². The van der Waals surface area contributed by atoms with Crippen LogP contribution in [0.2, 0.25) is 0 Å². The Hall–Kier alpha value is -2.56. The van der Waals surface area contributed by atoms with Gasteiger partial charge in [0.25, 0.3) is 5.91 Å². The van der Waals surface area contributed by atoms with Crippen molar-refractivity contribution in [3.8, 4) is 0 Å². The van der Waals surface area contributed by atoms with E-state index < -0.39 is 5.63 Å². The highest BCUT2D eigenvalue weighted by Crippen LogP contribution is 2.26. The van der Waals surface area contributed by atoms with Gasteiger partial charge < -0.3 is 14.3 Å². The van der Waals surface area contributed by atoms with E-state index in [0.717, 1.165) is 10.9 Å². The summed E-state index contributed by atoms with van der Waals surface area (Å²) in [5.74, 6) is -0.184. The average molecular weight is 298 g/mol. The van der Waals surface area contributed by atoms with Crippen molar-refractivity contribution in [2.45, 2.75) is 33.4 Å². The van der Waals surface area contributed by atoms with Gasteiger partial charge in [0, 0.05) is 18.0 Å². The number of aromatic nitrogens is 1. The van der Waals surface area contributed by atoms with E-state index in [2.05, 4.69) is 5.32 Å². The van der Waals surface area contributed by atoms with Crippen molar-refractivity contribution in [1.82, 2.24) is 9.88 Å². The Morgan fingerprint density at radius 3 is 2.68 bits per heavy atom. The molecule has 3 aromatic rings. The lowest BCUT2D eigenvalue weighted by molar-refractivity contribution is 0.0934. The van der Waals surface area contributed by atoms with Gasteiger partial charge in [-0.05, 0) is 39.0 Å². The van der Waals surface area contributed by atoms with Crippen LogP contribution >= 0.6 is 0 Å². The summed E-state index contributed by atoms with van der Waals surface area (Å²) in [5.41, 5.74) is 1.35. The maximum atomic E-state index is 12.4. The number of amides is 1. The topological polar surface area (TPSA) is 64.2 Å². The summed E-state index contributed by atoms with van der Waals surface area (Å²) in [6.07, 6.45) is 0. The zero-order valence-corrected chi connectivity index (χ0v) is 12.8. The second-order valence-electron chi connectivity index (χ2n) is 5.55. The van der Waals surface area contributed by atoms with E-state index in [1.54, 1.807) is 12.1 Å². The van der Waals surface area contributed by atoms with Crippen LogP contribution in [-0.4, -0.2) is 16.5 Å². The third-order valence-corrected chi connectivity index (χ3v) is 3.63. The van der Waals surface area contributed by atoms with E-state index in [0.29, 0.717) is 23.2 Å². The summed E-state index contributed by atoms with van der Waals surface area (Å²) in [5, 5.41) is 4.14. The molecular weight excluding hydrogens is 280 g/mol. The molecule has 1 aromatic carbocycles. The largest absolute Gasteiger partial charge is 0.422 e. The lowest BCUT2D eigenvalue weighted by Gasteiger charge is -2.11. The Morgan fingerprint density at radius 2 is 2.00 bits per heavy atom. The summed E-state index contributed by atoms with van der Waals surface area (Å²) in [4.78, 5) is 24.6. The molecule has 0 radical (unpaired) electrons. The predicted molar refractivity (Wildman–Crippen MR) is 86.3 cm³/mol. The fourth-order valence-corrected chi connectivity index (χ4v) is 2.75. The van der Waals surface area contributed by atoms with Gasteiger partial charge >= 0.3 is 5.63 Å². The Bertz CT molecular complexity index is 919. The van der Waals surface area contributed by atoms with Gasteiger partial charge in [0.2, 0.25) is 0 Å². The maximum absolute atomic E-state index is 12.4. The molecule has 0 saturated carbocycles. The second kappa shape index (κ2) is 5.33. The van der Waals surface area contributed by atoms with Crippen LogP contribution in [0.15, 0.2) is 39.5 Å². The minimum absolute atomic E-state index is 0.0315. The van der Waals surface area contributed by atoms with Gasteiger partial charge in [0.1, 0.15) is 11.3 Å². The summed E-state index contributed by atoms with van der Waals surface area (Å²) in [6, 6.07) is 9.03. The second-order valence-corrected chi connectivity index (χ2v) is 5.55. The van der Waals surface area contributed by atoms with Crippen molar-refractivity contribution in [2.24, 2.45) is 0 Å². The van der Waals surface area contributed by atoms with E-state index in [4.69, 9.17) is 4.42 Å². The number of aryl methyl sites for hydroxylation is 1. The normalized spacial score (nSPS) is 11.5. The summed E-state index contributed by atoms with van der Waals surface area (Å²) in [7, 11) is 0. The SMILES string of the molecule is CCn1c(C(=O)NC(C)C)cc2c(=O)oc3ccccc3c21. The molecule has 0 aliphatic rings. The number of hydrogen-bond acceptors (Lipinski definition) is 3. The van der Waals surface area contributed by atoms with Crippen molar-refractivity contribution >= 4 is 27.8 Å². The third-order valence-electron chi connectivity index (χ3n) is 3.63. The van der Waals surface area contributed by atoms with E-state index in [-0.39, 0.29) is 11.9 Å². The number of hydrogen-bond donors (Lipinski definition) is 1. The van der Waals surface area contributed by atoms with Crippen LogP contribution in [0.4, 0.5) is 0 Å². The molecule has 0 bridgehead atoms. The predicted octanol–water partition coefficient (Wildman–Crippen LogP) is 2.91. The van der Waals surface area contributed by atoms with Crippen molar-refractivity contribution < 1.29 is 9.21 Å². The molecule has 0 fully saturated rings. The third kappa shape index (κ3) is 2.19. The molecule has 1 amide bonds. The molecule has 0 spiro atoms. The molecule has 2 heterocycles. The van der Waals surface area contributed by atoms with Crippen LogP contribution in [0.5, 0.6) is 0 Å². The van der Waals surface area contributed by atoms with Gasteiger partial charge in [-0.2, -0.15) is 0 Å². The molecule has 0 unspecified atom stereocenters. The molecule has 1 N–H and O–H groups in total. The van der Waals surface area contributed by atoms with Crippen molar-refractivity contribution in [3.63, 3.8) is 0 Å². The van der Waals surface area contributed by atoms with Gasteiger partial charge in [-0.1, -0.05) is 12.1 Å². The first kappa shape index (κ1) is 14.4. The van der Waals surface area contributed by atoms with Crippen LogP contribution in [0.25, 0.3) is 21.9 Å². The lowest BCUT2D eigenvalue weighted by atomic mass is 10.2. The molecule has 2 aromatic heterocycles. The smallest absolute Gasteiger partial charge is 0.345 e.